The lowest BCUT2D eigenvalue weighted by Crippen LogP contribution is -2.15. The minimum Gasteiger partial charge on any atom is -0.496 e. The minimum absolute atomic E-state index is 0.0624. The highest BCUT2D eigenvalue weighted by atomic mass is 16.5. The van der Waals surface area contributed by atoms with Crippen LogP contribution in [-0.2, 0) is 4.74 Å². The first-order chi connectivity index (χ1) is 9.10. The number of carbonyl (C=O) groups excluding carboxylic acids is 1. The lowest BCUT2D eigenvalue weighted by atomic mass is 10.1. The second-order valence-corrected chi connectivity index (χ2v) is 3.94. The molecule has 1 aromatic carbocycles. The molecule has 0 aliphatic carbocycles. The lowest BCUT2D eigenvalue weighted by Gasteiger charge is -2.08. The van der Waals surface area contributed by atoms with Crippen molar-refractivity contribution in [1.82, 2.24) is 0 Å². The van der Waals surface area contributed by atoms with Crippen molar-refractivity contribution in [2.45, 2.75) is 13.8 Å². The van der Waals surface area contributed by atoms with Crippen LogP contribution < -0.4 is 10.2 Å². The molecule has 1 heterocycles. The molecule has 5 nitrogen and oxygen atoms in total. The average Bonchev–Trinajstić information content (AvgIpc) is 2.42. The van der Waals surface area contributed by atoms with Gasteiger partial charge in [-0.1, -0.05) is 6.07 Å². The number of rotatable bonds is 3. The van der Waals surface area contributed by atoms with E-state index in [9.17, 15) is 9.59 Å². The van der Waals surface area contributed by atoms with Crippen LogP contribution in [0, 0.1) is 6.92 Å². The van der Waals surface area contributed by atoms with E-state index < -0.39 is 5.97 Å². The topological polar surface area (TPSA) is 65.7 Å². The summed E-state index contributed by atoms with van der Waals surface area (Å²) in [6.45, 7) is 3.44. The van der Waals surface area contributed by atoms with E-state index in [1.165, 1.54) is 14.0 Å². The molecule has 1 aromatic heterocycles. The fraction of sp³-hybridized carbons (Fsp3) is 0.286. The molecule has 0 fully saturated rings. The number of ether oxygens (including phenoxy) is 2. The number of hydrogen-bond donors (Lipinski definition) is 0. The predicted octanol–water partition coefficient (Wildman–Crippen LogP) is 2.29. The monoisotopic (exact) mass is 262 g/mol. The van der Waals surface area contributed by atoms with Gasteiger partial charge in [-0.15, -0.1) is 0 Å². The van der Waals surface area contributed by atoms with Crippen LogP contribution in [-0.4, -0.2) is 19.7 Å². The zero-order valence-electron chi connectivity index (χ0n) is 11.0. The third kappa shape index (κ3) is 2.19. The number of esters is 1. The van der Waals surface area contributed by atoms with Gasteiger partial charge in [0.05, 0.1) is 13.7 Å². The van der Waals surface area contributed by atoms with E-state index in [-0.39, 0.29) is 23.4 Å². The summed E-state index contributed by atoms with van der Waals surface area (Å²) in [6.07, 6.45) is 0. The van der Waals surface area contributed by atoms with Crippen LogP contribution >= 0.6 is 0 Å². The largest absolute Gasteiger partial charge is 0.496 e. The van der Waals surface area contributed by atoms with E-state index in [4.69, 9.17) is 13.9 Å². The van der Waals surface area contributed by atoms with Crippen LogP contribution in [0.3, 0.4) is 0 Å². The minimum atomic E-state index is -0.637. The Morgan fingerprint density at radius 3 is 2.74 bits per heavy atom. The van der Waals surface area contributed by atoms with Crippen molar-refractivity contribution in [2.75, 3.05) is 13.7 Å². The highest BCUT2D eigenvalue weighted by Gasteiger charge is 2.20. The molecule has 0 bridgehead atoms. The van der Waals surface area contributed by atoms with Gasteiger partial charge >= 0.3 is 5.97 Å². The number of methoxy groups -OCH3 is 1. The van der Waals surface area contributed by atoms with Crippen LogP contribution in [0.5, 0.6) is 5.75 Å². The molecule has 0 amide bonds. The van der Waals surface area contributed by atoms with Crippen LogP contribution in [0.15, 0.2) is 27.4 Å². The molecule has 0 N–H and O–H groups in total. The smallest absolute Gasteiger partial charge is 0.374 e. The van der Waals surface area contributed by atoms with Gasteiger partial charge in [0.2, 0.25) is 5.76 Å². The van der Waals surface area contributed by atoms with Crippen molar-refractivity contribution in [3.8, 4) is 5.75 Å². The van der Waals surface area contributed by atoms with Gasteiger partial charge in [0.1, 0.15) is 16.7 Å². The summed E-state index contributed by atoms with van der Waals surface area (Å²) in [5.41, 5.74) is 0.232. The Bertz CT molecular complexity index is 684. The molecule has 0 saturated carbocycles. The summed E-state index contributed by atoms with van der Waals surface area (Å²) in [6, 6.07) is 4.97. The highest BCUT2D eigenvalue weighted by molar-refractivity contribution is 5.92. The normalized spacial score (nSPS) is 10.5. The van der Waals surface area contributed by atoms with E-state index >= 15 is 0 Å². The molecule has 0 saturated heterocycles. The zero-order chi connectivity index (χ0) is 14.0. The molecule has 100 valence electrons. The Balaban J connectivity index is 2.76. The number of benzene rings is 1. The van der Waals surface area contributed by atoms with E-state index in [1.807, 2.05) is 0 Å². The maximum atomic E-state index is 12.3. The summed E-state index contributed by atoms with van der Waals surface area (Å²) < 4.78 is 15.5. The molecule has 0 aliphatic rings. The summed E-state index contributed by atoms with van der Waals surface area (Å²) in [5, 5.41) is 0.329. The van der Waals surface area contributed by atoms with Gasteiger partial charge in [-0.3, -0.25) is 4.79 Å². The quantitative estimate of drug-likeness (QED) is 0.794. The Labute approximate surface area is 109 Å². The first kappa shape index (κ1) is 13.1. The van der Waals surface area contributed by atoms with Gasteiger partial charge in [0.25, 0.3) is 0 Å². The molecule has 0 radical (unpaired) electrons. The van der Waals surface area contributed by atoms with Crippen LogP contribution in [0.25, 0.3) is 11.0 Å². The first-order valence-corrected chi connectivity index (χ1v) is 5.87. The zero-order valence-corrected chi connectivity index (χ0v) is 11.0. The molecule has 0 unspecified atom stereocenters. The summed E-state index contributed by atoms with van der Waals surface area (Å²) in [5.74, 6) is -0.279. The molecule has 2 aromatic rings. The molecule has 0 aliphatic heterocycles. The number of fused-ring (bicyclic) bond motifs is 1. The first-order valence-electron chi connectivity index (χ1n) is 5.87. The van der Waals surface area contributed by atoms with Crippen molar-refractivity contribution < 1.29 is 18.7 Å². The molecular formula is C14H14O5. The standard InChI is InChI=1S/C14H14O5/c1-4-18-14(16)13-8(2)12(15)11-9(17-3)6-5-7-10(11)19-13/h5-7H,4H2,1-3H3. The fourth-order valence-corrected chi connectivity index (χ4v) is 1.86. The van der Waals surface area contributed by atoms with Crippen LogP contribution in [0.4, 0.5) is 0 Å². The molecule has 5 heteroatoms. The maximum Gasteiger partial charge on any atom is 0.374 e. The van der Waals surface area contributed by atoms with Gasteiger partial charge < -0.3 is 13.9 Å². The number of hydrogen-bond acceptors (Lipinski definition) is 5. The highest BCUT2D eigenvalue weighted by Crippen LogP contribution is 2.24. The molecular weight excluding hydrogens is 248 g/mol. The maximum absolute atomic E-state index is 12.3. The Kier molecular flexibility index (Phi) is 3.55. The van der Waals surface area contributed by atoms with Gasteiger partial charge in [0, 0.05) is 5.56 Å². The van der Waals surface area contributed by atoms with E-state index in [1.54, 1.807) is 25.1 Å². The predicted molar refractivity (Wildman–Crippen MR) is 69.7 cm³/mol. The second kappa shape index (κ2) is 5.14. The lowest BCUT2D eigenvalue weighted by molar-refractivity contribution is 0.0489. The van der Waals surface area contributed by atoms with Crippen molar-refractivity contribution in [2.24, 2.45) is 0 Å². The third-order valence-corrected chi connectivity index (χ3v) is 2.79. The second-order valence-electron chi connectivity index (χ2n) is 3.94. The molecule has 19 heavy (non-hydrogen) atoms. The van der Waals surface area contributed by atoms with Gasteiger partial charge in [0.15, 0.2) is 5.43 Å². The third-order valence-electron chi connectivity index (χ3n) is 2.79. The summed E-state index contributed by atoms with van der Waals surface area (Å²) in [4.78, 5) is 24.0. The van der Waals surface area contributed by atoms with Crippen molar-refractivity contribution in [3.63, 3.8) is 0 Å². The van der Waals surface area contributed by atoms with E-state index in [0.717, 1.165) is 0 Å². The Hall–Kier alpha value is -2.30. The van der Waals surface area contributed by atoms with Gasteiger partial charge in [-0.25, -0.2) is 4.79 Å². The van der Waals surface area contributed by atoms with Gasteiger partial charge in [-0.2, -0.15) is 0 Å². The van der Waals surface area contributed by atoms with E-state index in [0.29, 0.717) is 16.7 Å². The fourth-order valence-electron chi connectivity index (χ4n) is 1.86. The average molecular weight is 262 g/mol. The SMILES string of the molecule is CCOC(=O)c1oc2cccc(OC)c2c(=O)c1C. The van der Waals surface area contributed by atoms with Gasteiger partial charge in [-0.05, 0) is 26.0 Å². The van der Waals surface area contributed by atoms with Crippen molar-refractivity contribution >= 4 is 16.9 Å². The van der Waals surface area contributed by atoms with Crippen molar-refractivity contribution in [1.29, 1.82) is 0 Å². The summed E-state index contributed by atoms with van der Waals surface area (Å²) >= 11 is 0. The number of carbonyl (C=O) groups is 1. The van der Waals surface area contributed by atoms with Crippen LogP contribution in [0.2, 0.25) is 0 Å². The molecule has 0 atom stereocenters. The molecule has 2 rings (SSSR count). The van der Waals surface area contributed by atoms with Crippen LogP contribution in [0.1, 0.15) is 23.0 Å². The van der Waals surface area contributed by atoms with E-state index in [2.05, 4.69) is 0 Å². The Morgan fingerprint density at radius 1 is 1.37 bits per heavy atom. The summed E-state index contributed by atoms with van der Waals surface area (Å²) in [7, 11) is 1.48. The molecule has 0 spiro atoms. The Morgan fingerprint density at radius 2 is 2.11 bits per heavy atom. The van der Waals surface area contributed by atoms with Crippen molar-refractivity contribution in [3.05, 3.63) is 39.7 Å².